The number of nitrogens with two attached hydrogens (primary N) is 1. The Morgan fingerprint density at radius 1 is 1.12 bits per heavy atom. The smallest absolute Gasteiger partial charge is 0.255 e. The third-order valence-corrected chi connectivity index (χ3v) is 6.19. The Morgan fingerprint density at radius 3 is 2.44 bits per heavy atom. The molecule has 0 radical (unpaired) electrons. The molecule has 1 aliphatic heterocycles. The van der Waals surface area contributed by atoms with Crippen molar-refractivity contribution in [3.8, 4) is 0 Å². The number of pyridine rings is 1. The number of aromatic nitrogens is 3. The molecule has 2 aromatic heterocycles. The molecule has 1 aromatic carbocycles. The van der Waals surface area contributed by atoms with Crippen molar-refractivity contribution in [2.75, 3.05) is 18.4 Å². The number of benzene rings is 1. The van der Waals surface area contributed by atoms with Gasteiger partial charge in [-0.15, -0.1) is 0 Å². The number of rotatable bonds is 7. The van der Waals surface area contributed by atoms with Gasteiger partial charge in [0, 0.05) is 50.9 Å². The van der Waals surface area contributed by atoms with E-state index in [0.717, 1.165) is 23.8 Å². The predicted molar refractivity (Wildman–Crippen MR) is 128 cm³/mol. The zero-order valence-corrected chi connectivity index (χ0v) is 19.4. The molecule has 0 bridgehead atoms. The summed E-state index contributed by atoms with van der Waals surface area (Å²) in [5.41, 5.74) is 8.40. The molecular formula is C24H29N7O3. The first-order valence-electron chi connectivity index (χ1n) is 11.4. The van der Waals surface area contributed by atoms with E-state index in [9.17, 15) is 14.4 Å². The Balaban J connectivity index is 1.55. The summed E-state index contributed by atoms with van der Waals surface area (Å²) in [6.07, 6.45) is 4.89. The van der Waals surface area contributed by atoms with E-state index in [2.05, 4.69) is 20.7 Å². The first-order valence-corrected chi connectivity index (χ1v) is 11.4. The van der Waals surface area contributed by atoms with Gasteiger partial charge in [-0.25, -0.2) is 9.67 Å². The van der Waals surface area contributed by atoms with E-state index in [1.165, 1.54) is 0 Å². The van der Waals surface area contributed by atoms with Crippen molar-refractivity contribution in [1.82, 2.24) is 25.0 Å². The van der Waals surface area contributed by atoms with Gasteiger partial charge in [0.2, 0.25) is 11.8 Å². The largest absolute Gasteiger partial charge is 0.381 e. The number of piperidine rings is 1. The fraction of sp³-hybridized carbons (Fsp3) is 0.375. The number of carbonyl (C=O) groups excluding carboxylic acids is 3. The van der Waals surface area contributed by atoms with Crippen molar-refractivity contribution in [2.24, 2.45) is 5.73 Å². The van der Waals surface area contributed by atoms with E-state index in [0.29, 0.717) is 48.6 Å². The number of likely N-dealkylation sites (tertiary alicyclic amines) is 1. The maximum atomic E-state index is 13.2. The van der Waals surface area contributed by atoms with Gasteiger partial charge in [-0.1, -0.05) is 12.1 Å². The monoisotopic (exact) mass is 463 g/mol. The van der Waals surface area contributed by atoms with Crippen molar-refractivity contribution < 1.29 is 14.4 Å². The highest BCUT2D eigenvalue weighted by Gasteiger charge is 2.24. The van der Waals surface area contributed by atoms with Crippen LogP contribution in [0.25, 0.3) is 11.0 Å². The molecule has 10 heteroatoms. The van der Waals surface area contributed by atoms with Crippen molar-refractivity contribution >= 4 is 34.4 Å². The van der Waals surface area contributed by atoms with Crippen LogP contribution in [0.1, 0.15) is 53.0 Å². The molecule has 178 valence electrons. The molecule has 1 aliphatic rings. The number of hydrogen-bond donors (Lipinski definition) is 3. The summed E-state index contributed by atoms with van der Waals surface area (Å²) >= 11 is 0. The number of carbonyl (C=O) groups is 3. The Labute approximate surface area is 197 Å². The summed E-state index contributed by atoms with van der Waals surface area (Å²) in [5, 5.41) is 11.7. The standard InChI is InChI=1S/C24H29N7O3/c1-3-31-23-19(14-28-31)21(29-18-8-10-30(11-9-18)15(2)32)20(13-26-23)24(34)27-12-16-4-6-17(7-5-16)22(25)33/h4-7,13-14,18H,3,8-12H2,1-2H3,(H2,25,33)(H,26,29)(H,27,34). The van der Waals surface area contributed by atoms with Gasteiger partial charge >= 0.3 is 0 Å². The van der Waals surface area contributed by atoms with Gasteiger partial charge in [0.25, 0.3) is 5.91 Å². The molecule has 3 aromatic rings. The van der Waals surface area contributed by atoms with Crippen LogP contribution in [0.15, 0.2) is 36.7 Å². The quantitative estimate of drug-likeness (QED) is 0.490. The predicted octanol–water partition coefficient (Wildman–Crippen LogP) is 1.90. The molecule has 1 fully saturated rings. The lowest BCUT2D eigenvalue weighted by Crippen LogP contribution is -2.41. The van der Waals surface area contributed by atoms with E-state index >= 15 is 0 Å². The highest BCUT2D eigenvalue weighted by atomic mass is 16.2. The lowest BCUT2D eigenvalue weighted by atomic mass is 10.0. The number of fused-ring (bicyclic) bond motifs is 1. The molecule has 0 saturated carbocycles. The van der Waals surface area contributed by atoms with Crippen LogP contribution in [0.5, 0.6) is 0 Å². The summed E-state index contributed by atoms with van der Waals surface area (Å²) in [6, 6.07) is 6.91. The highest BCUT2D eigenvalue weighted by molar-refractivity contribution is 6.06. The Kier molecular flexibility index (Phi) is 6.76. The fourth-order valence-corrected chi connectivity index (χ4v) is 4.19. The number of anilines is 1. The topological polar surface area (TPSA) is 135 Å². The van der Waals surface area contributed by atoms with Crippen LogP contribution in [0.3, 0.4) is 0 Å². The SMILES string of the molecule is CCn1ncc2c(NC3CCN(C(C)=O)CC3)c(C(=O)NCc3ccc(C(N)=O)cc3)cnc21. The summed E-state index contributed by atoms with van der Waals surface area (Å²) in [7, 11) is 0. The average Bonchev–Trinajstić information content (AvgIpc) is 3.27. The second kappa shape index (κ2) is 9.90. The second-order valence-electron chi connectivity index (χ2n) is 8.41. The van der Waals surface area contributed by atoms with Crippen LogP contribution in [-0.2, 0) is 17.9 Å². The van der Waals surface area contributed by atoms with Crippen molar-refractivity contribution in [3.05, 3.63) is 53.3 Å². The van der Waals surface area contributed by atoms with E-state index < -0.39 is 5.91 Å². The molecule has 10 nitrogen and oxygen atoms in total. The van der Waals surface area contributed by atoms with Gasteiger partial charge in [0.1, 0.15) is 0 Å². The van der Waals surface area contributed by atoms with Crippen LogP contribution >= 0.6 is 0 Å². The number of nitrogens with zero attached hydrogens (tertiary/aromatic N) is 4. The fourth-order valence-electron chi connectivity index (χ4n) is 4.19. The summed E-state index contributed by atoms with van der Waals surface area (Å²) in [6.45, 7) is 5.89. The van der Waals surface area contributed by atoms with E-state index in [4.69, 9.17) is 5.73 Å². The highest BCUT2D eigenvalue weighted by Crippen LogP contribution is 2.28. The van der Waals surface area contributed by atoms with Crippen LogP contribution in [0, 0.1) is 0 Å². The molecule has 4 rings (SSSR count). The Morgan fingerprint density at radius 2 is 1.82 bits per heavy atom. The lowest BCUT2D eigenvalue weighted by molar-refractivity contribution is -0.129. The Hall–Kier alpha value is -3.95. The van der Waals surface area contributed by atoms with Crippen LogP contribution in [0.2, 0.25) is 0 Å². The van der Waals surface area contributed by atoms with Crippen LogP contribution in [0.4, 0.5) is 5.69 Å². The van der Waals surface area contributed by atoms with Crippen LogP contribution < -0.4 is 16.4 Å². The summed E-state index contributed by atoms with van der Waals surface area (Å²) < 4.78 is 1.79. The summed E-state index contributed by atoms with van der Waals surface area (Å²) in [4.78, 5) is 42.4. The van der Waals surface area contributed by atoms with Gasteiger partial charge in [-0.05, 0) is 37.5 Å². The first-order chi connectivity index (χ1) is 16.4. The van der Waals surface area contributed by atoms with Gasteiger partial charge < -0.3 is 21.3 Å². The van der Waals surface area contributed by atoms with E-state index in [1.807, 2.05) is 11.8 Å². The molecule has 0 aliphatic carbocycles. The minimum Gasteiger partial charge on any atom is -0.381 e. The van der Waals surface area contributed by atoms with Gasteiger partial charge in [-0.3, -0.25) is 14.4 Å². The maximum Gasteiger partial charge on any atom is 0.255 e. The van der Waals surface area contributed by atoms with E-state index in [-0.39, 0.29) is 17.9 Å². The van der Waals surface area contributed by atoms with Crippen molar-refractivity contribution in [2.45, 2.75) is 45.8 Å². The third-order valence-electron chi connectivity index (χ3n) is 6.19. The second-order valence-corrected chi connectivity index (χ2v) is 8.41. The number of amides is 3. The normalized spacial score (nSPS) is 14.2. The molecule has 0 atom stereocenters. The lowest BCUT2D eigenvalue weighted by Gasteiger charge is -2.32. The molecule has 0 unspecified atom stereocenters. The van der Waals surface area contributed by atoms with Gasteiger partial charge in [-0.2, -0.15) is 5.10 Å². The van der Waals surface area contributed by atoms with Gasteiger partial charge in [0.05, 0.1) is 22.8 Å². The molecular weight excluding hydrogens is 434 g/mol. The van der Waals surface area contributed by atoms with Crippen LogP contribution in [-0.4, -0.2) is 56.5 Å². The number of nitrogens with one attached hydrogen (secondary N) is 2. The molecule has 3 heterocycles. The summed E-state index contributed by atoms with van der Waals surface area (Å²) in [5.74, 6) is -0.674. The number of primary amides is 1. The minimum absolute atomic E-state index is 0.0814. The zero-order chi connectivity index (χ0) is 24.2. The molecule has 1 saturated heterocycles. The minimum atomic E-state index is -0.493. The van der Waals surface area contributed by atoms with E-state index in [1.54, 1.807) is 48.3 Å². The van der Waals surface area contributed by atoms with Gasteiger partial charge in [0.15, 0.2) is 5.65 Å². The van der Waals surface area contributed by atoms with Crippen molar-refractivity contribution in [1.29, 1.82) is 0 Å². The van der Waals surface area contributed by atoms with Crippen molar-refractivity contribution in [3.63, 3.8) is 0 Å². The molecule has 3 amide bonds. The average molecular weight is 464 g/mol. The number of aryl methyl sites for hydroxylation is 1. The molecule has 34 heavy (non-hydrogen) atoms. The third kappa shape index (κ3) is 4.85. The number of hydrogen-bond acceptors (Lipinski definition) is 6. The molecule has 0 spiro atoms. The Bertz CT molecular complexity index is 1210. The zero-order valence-electron chi connectivity index (χ0n) is 19.4. The molecule has 4 N–H and O–H groups in total. The first kappa shape index (κ1) is 23.2. The maximum absolute atomic E-state index is 13.2.